The van der Waals surface area contributed by atoms with Gasteiger partial charge in [-0.25, -0.2) is 18.2 Å². The molecule has 0 fully saturated rings. The fourth-order valence-corrected chi connectivity index (χ4v) is 5.09. The first-order valence-corrected chi connectivity index (χ1v) is 13.3. The van der Waals surface area contributed by atoms with Crippen LogP contribution in [0, 0.1) is 12.7 Å². The van der Waals surface area contributed by atoms with E-state index in [9.17, 15) is 27.6 Å². The molecular weight excluding hydrogens is 525 g/mol. The largest absolute Gasteiger partial charge is 0.329 e. The molecule has 9 nitrogen and oxygen atoms in total. The molecule has 40 heavy (non-hydrogen) atoms. The lowest BCUT2D eigenvalue weighted by Crippen LogP contribution is -2.47. The van der Waals surface area contributed by atoms with Crippen molar-refractivity contribution in [1.82, 2.24) is 25.6 Å². The third-order valence-electron chi connectivity index (χ3n) is 7.22. The molecule has 0 aromatic heterocycles. The van der Waals surface area contributed by atoms with Gasteiger partial charge in [-0.3, -0.25) is 24.7 Å². The van der Waals surface area contributed by atoms with E-state index in [0.29, 0.717) is 49.5 Å². The Morgan fingerprint density at radius 2 is 1.73 bits per heavy atom. The van der Waals surface area contributed by atoms with E-state index in [4.69, 9.17) is 0 Å². The molecule has 0 saturated carbocycles. The van der Waals surface area contributed by atoms with Gasteiger partial charge in [-0.2, -0.15) is 0 Å². The zero-order chi connectivity index (χ0) is 29.0. The lowest BCUT2D eigenvalue weighted by Gasteiger charge is -2.28. The second-order valence-corrected chi connectivity index (χ2v) is 10.0. The average Bonchev–Trinajstić information content (AvgIpc) is 3.45. The lowest BCUT2D eigenvalue weighted by atomic mass is 10.0. The zero-order valence-electron chi connectivity index (χ0n) is 23.0. The minimum Gasteiger partial charge on any atom is -0.329 e. The number of nitrogens with zero attached hydrogens (tertiary/aromatic N) is 4. The molecule has 2 N–H and O–H groups in total. The van der Waals surface area contributed by atoms with Crippen molar-refractivity contribution in [1.29, 1.82) is 0 Å². The second kappa shape index (κ2) is 12.8. The molecule has 2 aliphatic heterocycles. The Hall–Kier alpha value is -3.48. The molecule has 2 aliphatic rings. The number of hydrogen-bond donors (Lipinski definition) is 2. The summed E-state index contributed by atoms with van der Waals surface area (Å²) in [5, 5.41) is 9.38. The summed E-state index contributed by atoms with van der Waals surface area (Å²) in [5.74, 6) is -1.34. The lowest BCUT2D eigenvalue weighted by molar-refractivity contribution is -0.145. The van der Waals surface area contributed by atoms with Crippen molar-refractivity contribution in [2.24, 2.45) is 0 Å². The number of halogens is 3. The Morgan fingerprint density at radius 3 is 2.45 bits per heavy atom. The monoisotopic (exact) mass is 560 g/mol. The summed E-state index contributed by atoms with van der Waals surface area (Å²) in [4.78, 5) is 41.6. The van der Waals surface area contributed by atoms with E-state index >= 15 is 0 Å². The van der Waals surface area contributed by atoms with Crippen molar-refractivity contribution in [2.75, 3.05) is 51.2 Å². The first-order valence-electron chi connectivity index (χ1n) is 13.3. The predicted octanol–water partition coefficient (Wildman–Crippen LogP) is 2.28. The highest BCUT2D eigenvalue weighted by molar-refractivity contribution is 6.02. The highest BCUT2D eigenvalue weighted by atomic mass is 19.3. The smallest absolute Gasteiger partial charge is 0.255 e. The molecule has 3 amide bonds. The highest BCUT2D eigenvalue weighted by Crippen LogP contribution is 2.31. The molecule has 0 unspecified atom stereocenters. The topological polar surface area (TPSA) is 88.2 Å². The number of alkyl halides is 2. The number of carbonyl (C=O) groups is 3. The van der Waals surface area contributed by atoms with E-state index in [1.54, 1.807) is 35.2 Å². The van der Waals surface area contributed by atoms with Crippen molar-refractivity contribution in [3.63, 3.8) is 0 Å². The molecule has 2 aromatic carbocycles. The van der Waals surface area contributed by atoms with Gasteiger partial charge in [0.25, 0.3) is 18.2 Å². The van der Waals surface area contributed by atoms with Crippen LogP contribution < -0.4 is 15.5 Å². The average molecular weight is 561 g/mol. The SMILES string of the molecule is CCNCCN(C(=O)CNCC(=O)N(C)N1Cc2ccc(F)cc2C1)c1cc2c(cc1C)CN(CC(F)F)C2=O. The molecule has 2 heterocycles. The molecule has 0 radical (unpaired) electrons. The maximum atomic E-state index is 13.6. The van der Waals surface area contributed by atoms with Crippen LogP contribution in [0.2, 0.25) is 0 Å². The number of hydrazine groups is 1. The maximum absolute atomic E-state index is 13.6. The summed E-state index contributed by atoms with van der Waals surface area (Å²) < 4.78 is 39.4. The van der Waals surface area contributed by atoms with Gasteiger partial charge in [-0.1, -0.05) is 19.1 Å². The Morgan fingerprint density at radius 1 is 1.00 bits per heavy atom. The summed E-state index contributed by atoms with van der Waals surface area (Å²) in [6.45, 7) is 5.44. The van der Waals surface area contributed by atoms with Gasteiger partial charge in [0.15, 0.2) is 0 Å². The maximum Gasteiger partial charge on any atom is 0.255 e. The standard InChI is InChI=1S/C28H35F3N6O3/c1-4-32-7-8-37(24-11-23-21(9-18(24)2)14-35(28(23)40)17-25(30)31)27(39)13-33-12-26(38)34(3)36-15-19-5-6-22(29)10-20(19)16-36/h5-6,9-11,25,32-33H,4,7-8,12-17H2,1-3H3. The van der Waals surface area contributed by atoms with Crippen molar-refractivity contribution in [3.8, 4) is 0 Å². The van der Waals surface area contributed by atoms with Gasteiger partial charge in [0.1, 0.15) is 5.82 Å². The minimum absolute atomic E-state index is 0.0886. The number of likely N-dealkylation sites (N-methyl/N-ethyl adjacent to an activating group) is 2. The van der Waals surface area contributed by atoms with E-state index in [0.717, 1.165) is 21.6 Å². The normalized spacial score (nSPS) is 14.6. The van der Waals surface area contributed by atoms with Crippen LogP contribution in [0.1, 0.15) is 39.5 Å². The molecule has 0 spiro atoms. The Bertz CT molecular complexity index is 1270. The molecule has 12 heteroatoms. The van der Waals surface area contributed by atoms with Crippen LogP contribution in [0.25, 0.3) is 0 Å². The van der Waals surface area contributed by atoms with Gasteiger partial charge in [-0.05, 0) is 53.9 Å². The number of benzene rings is 2. The summed E-state index contributed by atoms with van der Waals surface area (Å²) >= 11 is 0. The number of nitrogens with one attached hydrogen (secondary N) is 2. The van der Waals surface area contributed by atoms with Crippen LogP contribution in [0.5, 0.6) is 0 Å². The summed E-state index contributed by atoms with van der Waals surface area (Å²) in [6.07, 6.45) is -2.63. The van der Waals surface area contributed by atoms with Gasteiger partial charge in [0, 0.05) is 51.0 Å². The van der Waals surface area contributed by atoms with E-state index in [-0.39, 0.29) is 37.3 Å². The zero-order valence-corrected chi connectivity index (χ0v) is 23.0. The Balaban J connectivity index is 1.39. The Kier molecular flexibility index (Phi) is 9.44. The third kappa shape index (κ3) is 6.62. The molecule has 0 bridgehead atoms. The second-order valence-electron chi connectivity index (χ2n) is 10.0. The van der Waals surface area contributed by atoms with Crippen molar-refractivity contribution < 1.29 is 27.6 Å². The van der Waals surface area contributed by atoms with Crippen LogP contribution >= 0.6 is 0 Å². The number of hydrogen-bond acceptors (Lipinski definition) is 6. The van der Waals surface area contributed by atoms with E-state index in [1.807, 2.05) is 13.8 Å². The molecule has 0 saturated heterocycles. The molecular formula is C28H35F3N6O3. The van der Waals surface area contributed by atoms with E-state index in [1.165, 1.54) is 17.1 Å². The van der Waals surface area contributed by atoms with E-state index in [2.05, 4.69) is 10.6 Å². The molecule has 4 rings (SSSR count). The van der Waals surface area contributed by atoms with Crippen LogP contribution in [0.15, 0.2) is 30.3 Å². The fraction of sp³-hybridized carbons (Fsp3) is 0.464. The van der Waals surface area contributed by atoms with Crippen LogP contribution in [-0.2, 0) is 29.2 Å². The quantitative estimate of drug-likeness (QED) is 0.388. The molecule has 2 aromatic rings. The van der Waals surface area contributed by atoms with Crippen LogP contribution in [0.4, 0.5) is 18.9 Å². The molecule has 216 valence electrons. The van der Waals surface area contributed by atoms with Gasteiger partial charge in [0.05, 0.1) is 19.6 Å². The van der Waals surface area contributed by atoms with Gasteiger partial charge in [0.2, 0.25) is 5.91 Å². The van der Waals surface area contributed by atoms with Crippen LogP contribution in [0.3, 0.4) is 0 Å². The fourth-order valence-electron chi connectivity index (χ4n) is 5.09. The number of aryl methyl sites for hydroxylation is 1. The highest BCUT2D eigenvalue weighted by Gasteiger charge is 2.31. The third-order valence-corrected chi connectivity index (χ3v) is 7.22. The van der Waals surface area contributed by atoms with Crippen LogP contribution in [-0.4, -0.2) is 85.4 Å². The van der Waals surface area contributed by atoms with Gasteiger partial charge < -0.3 is 15.1 Å². The van der Waals surface area contributed by atoms with Crippen molar-refractivity contribution >= 4 is 23.4 Å². The predicted molar refractivity (Wildman–Crippen MR) is 144 cm³/mol. The van der Waals surface area contributed by atoms with Gasteiger partial charge in [-0.15, -0.1) is 0 Å². The molecule has 0 aliphatic carbocycles. The summed E-state index contributed by atoms with van der Waals surface area (Å²) in [5.41, 5.74) is 4.04. The molecule has 0 atom stereocenters. The van der Waals surface area contributed by atoms with Crippen molar-refractivity contribution in [3.05, 3.63) is 64.0 Å². The van der Waals surface area contributed by atoms with Crippen molar-refractivity contribution in [2.45, 2.75) is 39.9 Å². The number of amides is 3. The first-order chi connectivity index (χ1) is 19.1. The van der Waals surface area contributed by atoms with Gasteiger partial charge >= 0.3 is 0 Å². The number of rotatable bonds is 12. The number of carbonyl (C=O) groups excluding carboxylic acids is 3. The summed E-state index contributed by atoms with van der Waals surface area (Å²) in [7, 11) is 1.64. The minimum atomic E-state index is -2.63. The number of anilines is 1. The van der Waals surface area contributed by atoms with E-state index < -0.39 is 18.9 Å². The summed E-state index contributed by atoms with van der Waals surface area (Å²) in [6, 6.07) is 7.96. The Labute approximate surface area is 231 Å². The number of fused-ring (bicyclic) bond motifs is 2. The first kappa shape index (κ1) is 29.5.